The molecule has 0 unspecified atom stereocenters. The molecule has 1 aromatic rings. The summed E-state index contributed by atoms with van der Waals surface area (Å²) < 4.78 is 0.911. The molecule has 4 heteroatoms. The SMILES string of the molecule is CCCN(CC)c1cc(Br)nc(C2CC2)n1. The van der Waals surface area contributed by atoms with E-state index >= 15 is 0 Å². The van der Waals surface area contributed by atoms with Gasteiger partial charge in [0.1, 0.15) is 16.2 Å². The molecule has 0 atom stereocenters. The molecule has 0 saturated heterocycles. The Hall–Kier alpha value is -0.640. The third kappa shape index (κ3) is 2.73. The summed E-state index contributed by atoms with van der Waals surface area (Å²) in [5, 5.41) is 0. The number of hydrogen-bond donors (Lipinski definition) is 0. The van der Waals surface area contributed by atoms with Crippen LogP contribution in [-0.4, -0.2) is 23.1 Å². The van der Waals surface area contributed by atoms with Gasteiger partial charge in [-0.05, 0) is 42.1 Å². The first kappa shape index (κ1) is 11.8. The molecule has 1 fully saturated rings. The fraction of sp³-hybridized carbons (Fsp3) is 0.667. The van der Waals surface area contributed by atoms with E-state index in [1.807, 2.05) is 6.07 Å². The van der Waals surface area contributed by atoms with E-state index < -0.39 is 0 Å². The summed E-state index contributed by atoms with van der Waals surface area (Å²) in [4.78, 5) is 11.4. The predicted octanol–water partition coefficient (Wildman–Crippen LogP) is 3.35. The van der Waals surface area contributed by atoms with Crippen LogP contribution in [0.4, 0.5) is 5.82 Å². The van der Waals surface area contributed by atoms with Crippen LogP contribution in [0.2, 0.25) is 0 Å². The molecule has 1 heterocycles. The number of rotatable bonds is 5. The first-order valence-corrected chi connectivity index (χ1v) is 6.83. The monoisotopic (exact) mass is 283 g/mol. The lowest BCUT2D eigenvalue weighted by molar-refractivity contribution is 0.765. The Bertz CT molecular complexity index is 363. The maximum absolute atomic E-state index is 4.67. The molecule has 3 nitrogen and oxygen atoms in total. The van der Waals surface area contributed by atoms with E-state index in [0.29, 0.717) is 5.92 Å². The average molecular weight is 284 g/mol. The molecule has 0 spiro atoms. The maximum Gasteiger partial charge on any atom is 0.135 e. The summed E-state index contributed by atoms with van der Waals surface area (Å²) in [6, 6.07) is 2.02. The molecule has 0 bridgehead atoms. The Morgan fingerprint density at radius 3 is 2.69 bits per heavy atom. The molecule has 0 aliphatic heterocycles. The highest BCUT2D eigenvalue weighted by molar-refractivity contribution is 9.10. The molecule has 1 aliphatic rings. The quantitative estimate of drug-likeness (QED) is 0.776. The van der Waals surface area contributed by atoms with E-state index in [1.165, 1.54) is 12.8 Å². The summed E-state index contributed by atoms with van der Waals surface area (Å²) in [7, 11) is 0. The molecule has 2 rings (SSSR count). The molecule has 0 aromatic carbocycles. The highest BCUT2D eigenvalue weighted by Gasteiger charge is 2.27. The van der Waals surface area contributed by atoms with Crippen molar-refractivity contribution in [2.24, 2.45) is 0 Å². The molecule has 1 aromatic heterocycles. The van der Waals surface area contributed by atoms with E-state index in [0.717, 1.165) is 35.8 Å². The Balaban J connectivity index is 2.24. The van der Waals surface area contributed by atoms with E-state index in [-0.39, 0.29) is 0 Å². The number of halogens is 1. The molecule has 0 N–H and O–H groups in total. The number of hydrogen-bond acceptors (Lipinski definition) is 3. The third-order valence-corrected chi connectivity index (χ3v) is 3.25. The van der Waals surface area contributed by atoms with Gasteiger partial charge in [-0.3, -0.25) is 0 Å². The minimum atomic E-state index is 0.608. The van der Waals surface area contributed by atoms with Gasteiger partial charge < -0.3 is 4.90 Å². The van der Waals surface area contributed by atoms with Crippen molar-refractivity contribution < 1.29 is 0 Å². The highest BCUT2D eigenvalue weighted by atomic mass is 79.9. The van der Waals surface area contributed by atoms with Crippen molar-refractivity contribution in [2.75, 3.05) is 18.0 Å². The van der Waals surface area contributed by atoms with Gasteiger partial charge in [0.15, 0.2) is 0 Å². The Labute approximate surface area is 105 Å². The molecule has 0 amide bonds. The highest BCUT2D eigenvalue weighted by Crippen LogP contribution is 2.39. The van der Waals surface area contributed by atoms with Crippen LogP contribution in [0, 0.1) is 0 Å². The van der Waals surface area contributed by atoms with Crippen LogP contribution in [0.3, 0.4) is 0 Å². The van der Waals surface area contributed by atoms with E-state index in [2.05, 4.69) is 44.6 Å². The summed E-state index contributed by atoms with van der Waals surface area (Å²) in [5.41, 5.74) is 0. The zero-order valence-electron chi connectivity index (χ0n) is 9.91. The summed E-state index contributed by atoms with van der Waals surface area (Å²) in [6.45, 7) is 6.43. The van der Waals surface area contributed by atoms with Crippen LogP contribution in [0.1, 0.15) is 44.9 Å². The second-order valence-electron chi connectivity index (χ2n) is 4.26. The first-order valence-electron chi connectivity index (χ1n) is 6.04. The molecule has 88 valence electrons. The minimum Gasteiger partial charge on any atom is -0.357 e. The minimum absolute atomic E-state index is 0.608. The van der Waals surface area contributed by atoms with Crippen LogP contribution in [-0.2, 0) is 0 Å². The summed E-state index contributed by atoms with van der Waals surface area (Å²) >= 11 is 3.48. The van der Waals surface area contributed by atoms with Crippen LogP contribution in [0.5, 0.6) is 0 Å². The lowest BCUT2D eigenvalue weighted by Crippen LogP contribution is -2.25. The van der Waals surface area contributed by atoms with E-state index in [1.54, 1.807) is 0 Å². The lowest BCUT2D eigenvalue weighted by atomic mass is 10.3. The zero-order chi connectivity index (χ0) is 11.5. The average Bonchev–Trinajstić information content (AvgIpc) is 3.08. The van der Waals surface area contributed by atoms with Crippen LogP contribution < -0.4 is 4.90 Å². The smallest absolute Gasteiger partial charge is 0.135 e. The lowest BCUT2D eigenvalue weighted by Gasteiger charge is -2.21. The van der Waals surface area contributed by atoms with Crippen LogP contribution in [0.25, 0.3) is 0 Å². The van der Waals surface area contributed by atoms with Gasteiger partial charge in [-0.15, -0.1) is 0 Å². The van der Waals surface area contributed by atoms with Crippen molar-refractivity contribution in [3.63, 3.8) is 0 Å². The zero-order valence-corrected chi connectivity index (χ0v) is 11.5. The summed E-state index contributed by atoms with van der Waals surface area (Å²) in [6.07, 6.45) is 3.64. The van der Waals surface area contributed by atoms with Crippen molar-refractivity contribution in [1.29, 1.82) is 0 Å². The van der Waals surface area contributed by atoms with Gasteiger partial charge in [-0.25, -0.2) is 9.97 Å². The first-order chi connectivity index (χ1) is 7.74. The molecule has 1 saturated carbocycles. The summed E-state index contributed by atoms with van der Waals surface area (Å²) in [5.74, 6) is 2.68. The third-order valence-electron chi connectivity index (χ3n) is 2.84. The van der Waals surface area contributed by atoms with Gasteiger partial charge in [0.05, 0.1) is 0 Å². The van der Waals surface area contributed by atoms with Crippen molar-refractivity contribution >= 4 is 21.7 Å². The van der Waals surface area contributed by atoms with Crippen molar-refractivity contribution in [3.05, 3.63) is 16.5 Å². The van der Waals surface area contributed by atoms with Gasteiger partial charge in [-0.1, -0.05) is 6.92 Å². The Morgan fingerprint density at radius 2 is 2.12 bits per heavy atom. The molecular weight excluding hydrogens is 266 g/mol. The fourth-order valence-electron chi connectivity index (χ4n) is 1.81. The molecule has 1 aliphatic carbocycles. The largest absolute Gasteiger partial charge is 0.357 e. The topological polar surface area (TPSA) is 29.0 Å². The molecule has 16 heavy (non-hydrogen) atoms. The number of aromatic nitrogens is 2. The van der Waals surface area contributed by atoms with Gasteiger partial charge in [0.2, 0.25) is 0 Å². The second-order valence-corrected chi connectivity index (χ2v) is 5.07. The molecule has 0 radical (unpaired) electrons. The number of nitrogens with zero attached hydrogens (tertiary/aromatic N) is 3. The predicted molar refractivity (Wildman–Crippen MR) is 69.9 cm³/mol. The maximum atomic E-state index is 4.67. The van der Waals surface area contributed by atoms with Crippen molar-refractivity contribution in [1.82, 2.24) is 9.97 Å². The Morgan fingerprint density at radius 1 is 1.38 bits per heavy atom. The van der Waals surface area contributed by atoms with Crippen molar-refractivity contribution in [2.45, 2.75) is 39.0 Å². The van der Waals surface area contributed by atoms with Gasteiger partial charge >= 0.3 is 0 Å². The van der Waals surface area contributed by atoms with E-state index in [9.17, 15) is 0 Å². The van der Waals surface area contributed by atoms with Crippen LogP contribution in [0.15, 0.2) is 10.7 Å². The molecular formula is C12H18BrN3. The van der Waals surface area contributed by atoms with Gasteiger partial charge in [-0.2, -0.15) is 0 Å². The van der Waals surface area contributed by atoms with Crippen LogP contribution >= 0.6 is 15.9 Å². The second kappa shape index (κ2) is 5.13. The van der Waals surface area contributed by atoms with Crippen molar-refractivity contribution in [3.8, 4) is 0 Å². The van der Waals surface area contributed by atoms with Gasteiger partial charge in [0, 0.05) is 25.1 Å². The van der Waals surface area contributed by atoms with E-state index in [4.69, 9.17) is 0 Å². The fourth-order valence-corrected chi connectivity index (χ4v) is 2.20. The number of anilines is 1. The standard InChI is InChI=1S/C12H18BrN3/c1-3-7-16(4-2)11-8-10(13)14-12(15-11)9-5-6-9/h8-9H,3-7H2,1-2H3. The normalized spacial score (nSPS) is 15.2. The Kier molecular flexibility index (Phi) is 3.79. The van der Waals surface area contributed by atoms with Gasteiger partial charge in [0.25, 0.3) is 0 Å².